The third-order valence-electron chi connectivity index (χ3n) is 2.46. The lowest BCUT2D eigenvalue weighted by Crippen LogP contribution is -2.41. The first-order chi connectivity index (χ1) is 6.66. The molecule has 1 unspecified atom stereocenters. The van der Waals surface area contributed by atoms with Crippen LogP contribution >= 0.6 is 23.1 Å². The van der Waals surface area contributed by atoms with Crippen LogP contribution in [0, 0.1) is 13.8 Å². The van der Waals surface area contributed by atoms with Gasteiger partial charge in [-0.3, -0.25) is 0 Å². The predicted octanol–water partition coefficient (Wildman–Crippen LogP) is 2.53. The normalized spacial score (nSPS) is 19.4. The standard InChI is InChI=1S/C10H16N2S2/c1-6-10(14-8(3)11-6)7(2)12-9-4-13-5-9/h7,9,12H,4-5H2,1-3H3. The zero-order valence-corrected chi connectivity index (χ0v) is 10.5. The van der Waals surface area contributed by atoms with Gasteiger partial charge in [-0.05, 0) is 20.8 Å². The lowest BCUT2D eigenvalue weighted by atomic mass is 10.2. The summed E-state index contributed by atoms with van der Waals surface area (Å²) in [5.74, 6) is 2.53. The minimum absolute atomic E-state index is 0.465. The first-order valence-electron chi connectivity index (χ1n) is 4.94. The van der Waals surface area contributed by atoms with E-state index < -0.39 is 0 Å². The summed E-state index contributed by atoms with van der Waals surface area (Å²) in [6, 6.07) is 1.18. The minimum Gasteiger partial charge on any atom is -0.305 e. The molecule has 2 nitrogen and oxygen atoms in total. The molecular formula is C10H16N2S2. The molecule has 0 aliphatic carbocycles. The van der Waals surface area contributed by atoms with Gasteiger partial charge in [0, 0.05) is 28.5 Å². The topological polar surface area (TPSA) is 24.9 Å². The third-order valence-corrected chi connectivity index (χ3v) is 4.99. The molecule has 1 aliphatic rings. The fourth-order valence-corrected chi connectivity index (χ4v) is 3.31. The van der Waals surface area contributed by atoms with Crippen LogP contribution in [-0.4, -0.2) is 22.5 Å². The van der Waals surface area contributed by atoms with Gasteiger partial charge in [-0.1, -0.05) is 0 Å². The second-order valence-electron chi connectivity index (χ2n) is 3.81. The molecule has 0 bridgehead atoms. The quantitative estimate of drug-likeness (QED) is 0.860. The van der Waals surface area contributed by atoms with Crippen molar-refractivity contribution in [2.45, 2.75) is 32.9 Å². The number of aromatic nitrogens is 1. The van der Waals surface area contributed by atoms with E-state index in [9.17, 15) is 0 Å². The van der Waals surface area contributed by atoms with Crippen molar-refractivity contribution in [3.63, 3.8) is 0 Å². The Kier molecular flexibility index (Phi) is 3.14. The largest absolute Gasteiger partial charge is 0.305 e. The lowest BCUT2D eigenvalue weighted by molar-refractivity contribution is 0.506. The molecule has 0 aromatic carbocycles. The lowest BCUT2D eigenvalue weighted by Gasteiger charge is -2.29. The number of thioether (sulfide) groups is 1. The number of thiazole rings is 1. The maximum atomic E-state index is 4.46. The Hall–Kier alpha value is -0.0600. The summed E-state index contributed by atoms with van der Waals surface area (Å²) in [6.45, 7) is 6.42. The summed E-state index contributed by atoms with van der Waals surface area (Å²) in [7, 11) is 0. The van der Waals surface area contributed by atoms with Crippen molar-refractivity contribution < 1.29 is 0 Å². The first-order valence-corrected chi connectivity index (χ1v) is 6.91. The summed E-state index contributed by atoms with van der Waals surface area (Å²) in [5, 5.41) is 4.81. The van der Waals surface area contributed by atoms with Gasteiger partial charge in [0.15, 0.2) is 0 Å². The zero-order valence-electron chi connectivity index (χ0n) is 8.83. The van der Waals surface area contributed by atoms with Crippen molar-refractivity contribution in [2.24, 2.45) is 0 Å². The monoisotopic (exact) mass is 228 g/mol. The second kappa shape index (κ2) is 4.21. The average molecular weight is 228 g/mol. The van der Waals surface area contributed by atoms with Crippen molar-refractivity contribution >= 4 is 23.1 Å². The van der Waals surface area contributed by atoms with E-state index in [0.29, 0.717) is 6.04 Å². The fourth-order valence-electron chi connectivity index (χ4n) is 1.71. The molecular weight excluding hydrogens is 212 g/mol. The Morgan fingerprint density at radius 2 is 2.14 bits per heavy atom. The zero-order chi connectivity index (χ0) is 10.1. The maximum absolute atomic E-state index is 4.46. The highest BCUT2D eigenvalue weighted by Crippen LogP contribution is 2.27. The van der Waals surface area contributed by atoms with Crippen molar-refractivity contribution in [2.75, 3.05) is 11.5 Å². The Morgan fingerprint density at radius 1 is 1.43 bits per heavy atom. The van der Waals surface area contributed by atoms with E-state index in [1.54, 1.807) is 0 Å². The van der Waals surface area contributed by atoms with Gasteiger partial charge in [0.25, 0.3) is 0 Å². The Morgan fingerprint density at radius 3 is 2.57 bits per heavy atom. The van der Waals surface area contributed by atoms with Crippen molar-refractivity contribution in [3.05, 3.63) is 15.6 Å². The summed E-state index contributed by atoms with van der Waals surface area (Å²) >= 11 is 3.84. The van der Waals surface area contributed by atoms with E-state index in [2.05, 4.69) is 31.1 Å². The van der Waals surface area contributed by atoms with Gasteiger partial charge >= 0.3 is 0 Å². The number of aryl methyl sites for hydroxylation is 2. The molecule has 78 valence electrons. The third kappa shape index (κ3) is 2.12. The minimum atomic E-state index is 0.465. The van der Waals surface area contributed by atoms with Gasteiger partial charge in [-0.25, -0.2) is 4.98 Å². The molecule has 0 radical (unpaired) electrons. The number of hydrogen-bond acceptors (Lipinski definition) is 4. The highest BCUT2D eigenvalue weighted by Gasteiger charge is 2.22. The molecule has 1 aromatic rings. The van der Waals surface area contributed by atoms with E-state index in [1.165, 1.54) is 27.1 Å². The number of nitrogens with one attached hydrogen (secondary N) is 1. The highest BCUT2D eigenvalue weighted by molar-refractivity contribution is 8.00. The van der Waals surface area contributed by atoms with Crippen LogP contribution in [0.1, 0.15) is 28.5 Å². The Bertz CT molecular complexity index is 318. The molecule has 0 amide bonds. The molecule has 0 spiro atoms. The van der Waals surface area contributed by atoms with Crippen LogP contribution in [0.15, 0.2) is 0 Å². The SMILES string of the molecule is Cc1nc(C)c(C(C)NC2CSC2)s1. The molecule has 1 aromatic heterocycles. The van der Waals surface area contributed by atoms with Crippen molar-refractivity contribution in [3.8, 4) is 0 Å². The van der Waals surface area contributed by atoms with Gasteiger partial charge in [0.1, 0.15) is 0 Å². The van der Waals surface area contributed by atoms with Crippen LogP contribution in [0.3, 0.4) is 0 Å². The smallest absolute Gasteiger partial charge is 0.0900 e. The average Bonchev–Trinajstić information content (AvgIpc) is 2.37. The summed E-state index contributed by atoms with van der Waals surface area (Å²) in [6.07, 6.45) is 0. The van der Waals surface area contributed by atoms with E-state index in [4.69, 9.17) is 0 Å². The molecule has 1 aliphatic heterocycles. The van der Waals surface area contributed by atoms with Crippen LogP contribution in [0.2, 0.25) is 0 Å². The number of rotatable bonds is 3. The van der Waals surface area contributed by atoms with E-state index in [1.807, 2.05) is 23.1 Å². The van der Waals surface area contributed by atoms with Crippen LogP contribution in [0.25, 0.3) is 0 Å². The summed E-state index contributed by atoms with van der Waals surface area (Å²) < 4.78 is 0. The number of nitrogens with zero attached hydrogens (tertiary/aromatic N) is 1. The van der Waals surface area contributed by atoms with Crippen LogP contribution in [0.4, 0.5) is 0 Å². The van der Waals surface area contributed by atoms with Gasteiger partial charge in [0.2, 0.25) is 0 Å². The summed E-state index contributed by atoms with van der Waals surface area (Å²) in [4.78, 5) is 5.86. The molecule has 4 heteroatoms. The summed E-state index contributed by atoms with van der Waals surface area (Å²) in [5.41, 5.74) is 1.19. The molecule has 1 atom stereocenters. The molecule has 14 heavy (non-hydrogen) atoms. The van der Waals surface area contributed by atoms with Gasteiger partial charge in [0.05, 0.1) is 10.7 Å². The van der Waals surface area contributed by atoms with E-state index in [-0.39, 0.29) is 0 Å². The van der Waals surface area contributed by atoms with Crippen molar-refractivity contribution in [1.29, 1.82) is 0 Å². The highest BCUT2D eigenvalue weighted by atomic mass is 32.2. The van der Waals surface area contributed by atoms with Crippen molar-refractivity contribution in [1.82, 2.24) is 10.3 Å². The molecule has 2 rings (SSSR count). The van der Waals surface area contributed by atoms with Crippen LogP contribution < -0.4 is 5.32 Å². The molecule has 1 fully saturated rings. The fraction of sp³-hybridized carbons (Fsp3) is 0.700. The molecule has 2 heterocycles. The molecule has 1 N–H and O–H groups in total. The van der Waals surface area contributed by atoms with Gasteiger partial charge in [-0.2, -0.15) is 11.8 Å². The molecule has 1 saturated heterocycles. The number of hydrogen-bond donors (Lipinski definition) is 1. The van der Waals surface area contributed by atoms with E-state index in [0.717, 1.165) is 6.04 Å². The van der Waals surface area contributed by atoms with Gasteiger partial charge < -0.3 is 5.32 Å². The Balaban J connectivity index is 2.02. The molecule has 0 saturated carbocycles. The maximum Gasteiger partial charge on any atom is 0.0900 e. The van der Waals surface area contributed by atoms with Gasteiger partial charge in [-0.15, -0.1) is 11.3 Å². The Labute approximate surface area is 93.5 Å². The van der Waals surface area contributed by atoms with Crippen LogP contribution in [-0.2, 0) is 0 Å². The van der Waals surface area contributed by atoms with Crippen LogP contribution in [0.5, 0.6) is 0 Å². The second-order valence-corrected chi connectivity index (χ2v) is 6.11. The predicted molar refractivity (Wildman–Crippen MR) is 64.3 cm³/mol. The first kappa shape index (κ1) is 10.5. The van der Waals surface area contributed by atoms with E-state index >= 15 is 0 Å².